The number of para-hydroxylation sites is 1. The predicted molar refractivity (Wildman–Crippen MR) is 139 cm³/mol. The van der Waals surface area contributed by atoms with Gasteiger partial charge in [0.2, 0.25) is 0 Å². The number of allylic oxidation sites excluding steroid dienone is 3. The van der Waals surface area contributed by atoms with Gasteiger partial charge in [-0.15, -0.1) is 0 Å². The minimum Gasteiger partial charge on any atom is -0.549 e. The zero-order valence-corrected chi connectivity index (χ0v) is 21.2. The van der Waals surface area contributed by atoms with E-state index >= 15 is 0 Å². The largest absolute Gasteiger partial charge is 0.549 e. The van der Waals surface area contributed by atoms with E-state index in [0.717, 1.165) is 10.5 Å². The first-order chi connectivity index (χ1) is 18.6. The highest BCUT2D eigenvalue weighted by Gasteiger charge is 2.38. The van der Waals surface area contributed by atoms with Gasteiger partial charge in [0.15, 0.2) is 10.9 Å². The van der Waals surface area contributed by atoms with Crippen LogP contribution in [-0.2, 0) is 14.4 Å². The Morgan fingerprint density at radius 3 is 2.46 bits per heavy atom. The van der Waals surface area contributed by atoms with Crippen molar-refractivity contribution in [3.63, 3.8) is 0 Å². The molecule has 12 heteroatoms. The van der Waals surface area contributed by atoms with Crippen LogP contribution in [0.25, 0.3) is 0 Å². The lowest BCUT2D eigenvalue weighted by Crippen LogP contribution is -2.47. The minimum absolute atomic E-state index is 0.0273. The fourth-order valence-corrected chi connectivity index (χ4v) is 4.85. The Labute approximate surface area is 228 Å². The summed E-state index contributed by atoms with van der Waals surface area (Å²) in [5.74, 6) is -4.02. The first-order valence-corrected chi connectivity index (χ1v) is 12.3. The molecule has 202 valence electrons. The standard InChI is InChI=1S/C27H25N3O8S/c31-16-6-8-19-22(12-16)38-21-4-2-1-3-18(21)25(19)17-7-5-15(11-20(17)26(36)37)29-27(39)28-9-10-30(13-23(32)33)14-24(34)35/h1-8,11-12,19,25H,9-10,13-14H2,(H,32,33)(H,34,35)(H,36,37)(H2,28,29,39)/p-2. The van der Waals surface area contributed by atoms with Gasteiger partial charge < -0.3 is 40.3 Å². The van der Waals surface area contributed by atoms with Gasteiger partial charge >= 0.3 is 5.97 Å². The van der Waals surface area contributed by atoms with E-state index in [2.05, 4.69) is 10.6 Å². The maximum absolute atomic E-state index is 12.3. The van der Waals surface area contributed by atoms with Crippen LogP contribution >= 0.6 is 12.2 Å². The van der Waals surface area contributed by atoms with Crippen LogP contribution in [0, 0.1) is 5.92 Å². The number of ketones is 1. The Morgan fingerprint density at radius 1 is 1.05 bits per heavy atom. The molecule has 0 fully saturated rings. The molecule has 1 aliphatic heterocycles. The number of aromatic carboxylic acids is 1. The highest BCUT2D eigenvalue weighted by Crippen LogP contribution is 2.48. The number of rotatable bonds is 10. The van der Waals surface area contributed by atoms with Gasteiger partial charge in [-0.05, 0) is 42.1 Å². The lowest BCUT2D eigenvalue weighted by atomic mass is 9.74. The molecule has 0 saturated heterocycles. The monoisotopic (exact) mass is 549 g/mol. The molecule has 2 aromatic carbocycles. The van der Waals surface area contributed by atoms with E-state index < -0.39 is 36.9 Å². The predicted octanol–water partition coefficient (Wildman–Crippen LogP) is -0.364. The summed E-state index contributed by atoms with van der Waals surface area (Å²) in [4.78, 5) is 47.1. The number of nitrogens with zero attached hydrogens (tertiary/aromatic N) is 1. The molecule has 2 aromatic rings. The fraction of sp³-hybridized carbons (Fsp3) is 0.222. The first kappa shape index (κ1) is 27.5. The van der Waals surface area contributed by atoms with Gasteiger partial charge in [0.05, 0.1) is 17.5 Å². The van der Waals surface area contributed by atoms with E-state index in [9.17, 15) is 34.5 Å². The normalized spacial score (nSPS) is 17.4. The van der Waals surface area contributed by atoms with E-state index in [1.165, 1.54) is 18.2 Å². The van der Waals surface area contributed by atoms with Crippen LogP contribution in [0.3, 0.4) is 0 Å². The highest BCUT2D eigenvalue weighted by atomic mass is 32.1. The molecular weight excluding hydrogens is 526 g/mol. The van der Waals surface area contributed by atoms with Crippen molar-refractivity contribution in [1.82, 2.24) is 10.2 Å². The van der Waals surface area contributed by atoms with Crippen LogP contribution in [0.15, 0.2) is 66.5 Å². The summed E-state index contributed by atoms with van der Waals surface area (Å²) < 4.78 is 5.96. The summed E-state index contributed by atoms with van der Waals surface area (Å²) in [6.45, 7) is -1.04. The van der Waals surface area contributed by atoms with Crippen molar-refractivity contribution in [2.75, 3.05) is 31.5 Å². The molecule has 4 rings (SSSR count). The fourth-order valence-electron chi connectivity index (χ4n) is 4.64. The molecule has 39 heavy (non-hydrogen) atoms. The number of hydrogen-bond donors (Lipinski definition) is 3. The lowest BCUT2D eigenvalue weighted by Gasteiger charge is -2.35. The number of fused-ring (bicyclic) bond motifs is 2. The second-order valence-corrected chi connectivity index (χ2v) is 9.30. The van der Waals surface area contributed by atoms with Gasteiger partial charge in [-0.2, -0.15) is 0 Å². The maximum atomic E-state index is 12.3. The van der Waals surface area contributed by atoms with E-state index in [0.29, 0.717) is 22.8 Å². The molecule has 0 bridgehead atoms. The zero-order valence-electron chi connectivity index (χ0n) is 20.4. The van der Waals surface area contributed by atoms with Crippen LogP contribution in [0.4, 0.5) is 5.69 Å². The van der Waals surface area contributed by atoms with Gasteiger partial charge in [0.1, 0.15) is 11.5 Å². The Kier molecular flexibility index (Phi) is 8.37. The van der Waals surface area contributed by atoms with E-state index in [1.54, 1.807) is 30.3 Å². The van der Waals surface area contributed by atoms with E-state index in [-0.39, 0.29) is 35.5 Å². The summed E-state index contributed by atoms with van der Waals surface area (Å²) in [5.41, 5.74) is 1.73. The van der Waals surface area contributed by atoms with Crippen LogP contribution in [0.5, 0.6) is 5.75 Å². The molecule has 0 aromatic heterocycles. The molecule has 3 N–H and O–H groups in total. The molecule has 2 unspecified atom stereocenters. The number of ether oxygens (including phenoxy) is 1. The third-order valence-electron chi connectivity index (χ3n) is 6.22. The van der Waals surface area contributed by atoms with Crippen LogP contribution in [0.2, 0.25) is 0 Å². The number of anilines is 1. The van der Waals surface area contributed by atoms with Crippen molar-refractivity contribution in [3.05, 3.63) is 83.1 Å². The average Bonchev–Trinajstić information content (AvgIpc) is 2.86. The van der Waals surface area contributed by atoms with Crippen molar-refractivity contribution in [2.24, 2.45) is 5.92 Å². The smallest absolute Gasteiger partial charge is 0.336 e. The third kappa shape index (κ3) is 6.67. The summed E-state index contributed by atoms with van der Waals surface area (Å²) in [6, 6.07) is 12.1. The van der Waals surface area contributed by atoms with Gasteiger partial charge in [0.25, 0.3) is 0 Å². The number of carbonyl (C=O) groups excluding carboxylic acids is 3. The minimum atomic E-state index is -1.43. The van der Waals surface area contributed by atoms with E-state index in [1.807, 2.05) is 12.1 Å². The van der Waals surface area contributed by atoms with Crippen LogP contribution in [0.1, 0.15) is 27.4 Å². The lowest BCUT2D eigenvalue weighted by molar-refractivity contribution is -0.310. The molecule has 0 radical (unpaired) electrons. The Morgan fingerprint density at radius 2 is 1.77 bits per heavy atom. The summed E-state index contributed by atoms with van der Waals surface area (Å²) in [5, 5.41) is 37.6. The second kappa shape index (κ2) is 11.9. The molecule has 2 atom stereocenters. The highest BCUT2D eigenvalue weighted by molar-refractivity contribution is 7.80. The molecule has 11 nitrogen and oxygen atoms in total. The van der Waals surface area contributed by atoms with Crippen molar-refractivity contribution in [3.8, 4) is 5.75 Å². The van der Waals surface area contributed by atoms with Crippen molar-refractivity contribution in [1.29, 1.82) is 0 Å². The summed E-state index contributed by atoms with van der Waals surface area (Å²) >= 11 is 5.26. The number of carboxylic acid groups (broad SMARTS) is 3. The molecule has 2 aliphatic rings. The molecule has 1 heterocycles. The van der Waals surface area contributed by atoms with Crippen LogP contribution < -0.4 is 25.6 Å². The molecule has 0 spiro atoms. The summed E-state index contributed by atoms with van der Waals surface area (Å²) in [6.07, 6.45) is 4.58. The average molecular weight is 550 g/mol. The van der Waals surface area contributed by atoms with E-state index in [4.69, 9.17) is 17.0 Å². The SMILES string of the molecule is O=C1C=CC2C(=C1)Oc1ccccc1C2c1ccc(NC(=S)NCCN(CC(=O)[O-])CC(=O)[O-])cc1C(=O)O. The second-order valence-electron chi connectivity index (χ2n) is 8.89. The third-order valence-corrected chi connectivity index (χ3v) is 6.46. The van der Waals surface area contributed by atoms with Gasteiger partial charge in [-0.1, -0.05) is 30.3 Å². The molecule has 0 amide bonds. The number of carboxylic acids is 3. The maximum Gasteiger partial charge on any atom is 0.336 e. The quantitative estimate of drug-likeness (QED) is 0.329. The molecule has 1 aliphatic carbocycles. The van der Waals surface area contributed by atoms with Crippen molar-refractivity contribution in [2.45, 2.75) is 5.92 Å². The molecular formula is C27H23N3O8S-2. The molecule has 0 saturated carbocycles. The van der Waals surface area contributed by atoms with Gasteiger partial charge in [-0.25, -0.2) is 4.79 Å². The number of thiocarbonyl (C=S) groups is 1. The number of benzene rings is 2. The number of carbonyl (C=O) groups is 4. The van der Waals surface area contributed by atoms with Crippen molar-refractivity contribution < 1.29 is 39.2 Å². The topological polar surface area (TPSA) is 171 Å². The Balaban J connectivity index is 1.53. The zero-order chi connectivity index (χ0) is 28.1. The number of nitrogens with one attached hydrogen (secondary N) is 2. The first-order valence-electron chi connectivity index (χ1n) is 11.9. The van der Waals surface area contributed by atoms with Gasteiger partial charge in [0, 0.05) is 55.3 Å². The summed E-state index contributed by atoms with van der Waals surface area (Å²) in [7, 11) is 0. The Hall–Kier alpha value is -4.55. The number of aliphatic carboxylic acids is 2. The van der Waals surface area contributed by atoms with Crippen molar-refractivity contribution >= 4 is 46.7 Å². The van der Waals surface area contributed by atoms with Gasteiger partial charge in [-0.3, -0.25) is 9.69 Å². The number of hydrogen-bond acceptors (Lipinski definition) is 9. The Bertz CT molecular complexity index is 1390. The van der Waals surface area contributed by atoms with Crippen LogP contribution in [-0.4, -0.2) is 65.0 Å².